The average Bonchev–Trinajstić information content (AvgIpc) is 2.91. The molecule has 2 aromatic rings. The van der Waals surface area contributed by atoms with E-state index in [1.165, 1.54) is 12.1 Å². The van der Waals surface area contributed by atoms with Gasteiger partial charge in [0.1, 0.15) is 5.75 Å². The first-order valence-electron chi connectivity index (χ1n) is 5.75. The molecular formula is C11H13N3O3S4. The molecule has 0 saturated heterocycles. The fourth-order valence-corrected chi connectivity index (χ4v) is 4.19. The Labute approximate surface area is 135 Å². The lowest BCUT2D eigenvalue weighted by molar-refractivity contribution is 0.343. The van der Waals surface area contributed by atoms with Gasteiger partial charge in [-0.2, -0.15) is 0 Å². The van der Waals surface area contributed by atoms with E-state index in [-0.39, 0.29) is 4.90 Å². The minimum absolute atomic E-state index is 0.0719. The van der Waals surface area contributed by atoms with Crippen LogP contribution in [0.25, 0.3) is 0 Å². The van der Waals surface area contributed by atoms with Gasteiger partial charge in [-0.1, -0.05) is 34.9 Å². The lowest BCUT2D eigenvalue weighted by Crippen LogP contribution is -2.11. The zero-order valence-corrected chi connectivity index (χ0v) is 14.3. The molecule has 2 rings (SSSR count). The van der Waals surface area contributed by atoms with E-state index >= 15 is 0 Å². The van der Waals surface area contributed by atoms with Gasteiger partial charge in [-0.25, -0.2) is 13.6 Å². The van der Waals surface area contributed by atoms with Crippen LogP contribution in [0.15, 0.2) is 37.8 Å². The zero-order valence-electron chi connectivity index (χ0n) is 11.1. The second-order valence-corrected chi connectivity index (χ2v) is 8.69. The first kappa shape index (κ1) is 16.6. The molecule has 0 amide bonds. The third kappa shape index (κ3) is 5.15. The summed E-state index contributed by atoms with van der Waals surface area (Å²) in [5.74, 6) is 1.34. The van der Waals surface area contributed by atoms with E-state index in [2.05, 4.69) is 10.2 Å². The molecule has 0 fully saturated rings. The van der Waals surface area contributed by atoms with Crippen LogP contribution in [-0.2, 0) is 10.0 Å². The maximum absolute atomic E-state index is 11.1. The molecule has 21 heavy (non-hydrogen) atoms. The van der Waals surface area contributed by atoms with Crippen molar-refractivity contribution in [3.05, 3.63) is 24.3 Å². The molecule has 0 saturated carbocycles. The van der Waals surface area contributed by atoms with Crippen molar-refractivity contribution in [1.82, 2.24) is 10.2 Å². The van der Waals surface area contributed by atoms with Crippen LogP contribution in [0.4, 0.5) is 0 Å². The van der Waals surface area contributed by atoms with Crippen LogP contribution in [0.3, 0.4) is 0 Å². The molecule has 1 aromatic carbocycles. The Morgan fingerprint density at radius 3 is 2.48 bits per heavy atom. The van der Waals surface area contributed by atoms with Gasteiger partial charge in [0.2, 0.25) is 10.0 Å². The van der Waals surface area contributed by atoms with Crippen molar-refractivity contribution in [1.29, 1.82) is 0 Å². The van der Waals surface area contributed by atoms with Crippen molar-refractivity contribution >= 4 is 44.9 Å². The number of ether oxygens (including phenoxy) is 1. The molecule has 1 aromatic heterocycles. The van der Waals surface area contributed by atoms with E-state index < -0.39 is 10.0 Å². The smallest absolute Gasteiger partial charge is 0.238 e. The topological polar surface area (TPSA) is 95.2 Å². The summed E-state index contributed by atoms with van der Waals surface area (Å²) in [4.78, 5) is 0.0719. The fraction of sp³-hybridized carbons (Fsp3) is 0.273. The number of nitrogens with zero attached hydrogens (tertiary/aromatic N) is 2. The van der Waals surface area contributed by atoms with Gasteiger partial charge in [0.15, 0.2) is 8.68 Å². The van der Waals surface area contributed by atoms with Gasteiger partial charge in [0.25, 0.3) is 0 Å². The van der Waals surface area contributed by atoms with E-state index in [0.29, 0.717) is 12.4 Å². The highest BCUT2D eigenvalue weighted by atomic mass is 32.2. The molecule has 0 aliphatic carbocycles. The number of hydrogen-bond donors (Lipinski definition) is 1. The molecule has 114 valence electrons. The fourth-order valence-electron chi connectivity index (χ4n) is 1.35. The summed E-state index contributed by atoms with van der Waals surface area (Å²) in [5, 5.41) is 13.1. The molecule has 0 unspecified atom stereocenters. The maximum Gasteiger partial charge on any atom is 0.238 e. The van der Waals surface area contributed by atoms with Gasteiger partial charge in [0.05, 0.1) is 11.5 Å². The predicted octanol–water partition coefficient (Wildman–Crippen LogP) is 2.08. The SMILES string of the molecule is CSc1nnc(SCCOc2ccc(S(N)(=O)=O)cc2)s1. The number of aromatic nitrogens is 2. The van der Waals surface area contributed by atoms with Crippen molar-refractivity contribution < 1.29 is 13.2 Å². The standard InChI is InChI=1S/C11H13N3O3S4/c1-18-10-13-14-11(20-10)19-7-6-17-8-2-4-9(5-3-8)21(12,15)16/h2-5H,6-7H2,1H3,(H2,12,15,16). The minimum atomic E-state index is -3.66. The first-order chi connectivity index (χ1) is 9.99. The second kappa shape index (κ2) is 7.45. The molecule has 0 aliphatic heterocycles. The van der Waals surface area contributed by atoms with Crippen molar-refractivity contribution in [2.24, 2.45) is 5.14 Å². The van der Waals surface area contributed by atoms with Gasteiger partial charge >= 0.3 is 0 Å². The van der Waals surface area contributed by atoms with Crippen molar-refractivity contribution in [2.75, 3.05) is 18.6 Å². The highest BCUT2D eigenvalue weighted by molar-refractivity contribution is 8.02. The van der Waals surface area contributed by atoms with E-state index in [9.17, 15) is 8.42 Å². The van der Waals surface area contributed by atoms with Crippen molar-refractivity contribution in [2.45, 2.75) is 13.6 Å². The third-order valence-corrected chi connectivity index (χ3v) is 6.22. The van der Waals surface area contributed by atoms with E-state index in [1.54, 1.807) is 47.0 Å². The summed E-state index contributed by atoms with van der Waals surface area (Å²) in [6.45, 7) is 0.494. The lowest BCUT2D eigenvalue weighted by atomic mass is 10.3. The summed E-state index contributed by atoms with van der Waals surface area (Å²) in [6.07, 6.45) is 1.96. The van der Waals surface area contributed by atoms with Crippen LogP contribution in [-0.4, -0.2) is 37.2 Å². The Morgan fingerprint density at radius 1 is 1.24 bits per heavy atom. The quantitative estimate of drug-likeness (QED) is 0.594. The first-order valence-corrected chi connectivity index (χ1v) is 10.3. The Bertz CT molecular complexity index is 685. The average molecular weight is 364 g/mol. The van der Waals surface area contributed by atoms with E-state index in [0.717, 1.165) is 14.4 Å². The number of hydrogen-bond acceptors (Lipinski definition) is 8. The molecule has 0 bridgehead atoms. The van der Waals surface area contributed by atoms with Crippen molar-refractivity contribution in [3.63, 3.8) is 0 Å². The summed E-state index contributed by atoms with van der Waals surface area (Å²) >= 11 is 4.70. The predicted molar refractivity (Wildman–Crippen MR) is 85.7 cm³/mol. The highest BCUT2D eigenvalue weighted by Gasteiger charge is 2.07. The van der Waals surface area contributed by atoms with E-state index in [4.69, 9.17) is 9.88 Å². The second-order valence-electron chi connectivity index (χ2n) is 3.75. The molecule has 0 radical (unpaired) electrons. The van der Waals surface area contributed by atoms with Gasteiger partial charge in [-0.15, -0.1) is 10.2 Å². The van der Waals surface area contributed by atoms with Crippen LogP contribution >= 0.6 is 34.9 Å². The number of thioether (sulfide) groups is 2. The van der Waals surface area contributed by atoms with E-state index in [1.807, 2.05) is 6.26 Å². The molecular weight excluding hydrogens is 350 g/mol. The monoisotopic (exact) mass is 363 g/mol. The number of nitrogens with two attached hydrogens (primary N) is 1. The third-order valence-electron chi connectivity index (χ3n) is 2.29. The summed E-state index contributed by atoms with van der Waals surface area (Å²) < 4.78 is 29.6. The molecule has 0 aliphatic rings. The highest BCUT2D eigenvalue weighted by Crippen LogP contribution is 2.27. The Balaban J connectivity index is 1.78. The molecule has 0 atom stereocenters. The van der Waals surface area contributed by atoms with Crippen LogP contribution in [0, 0.1) is 0 Å². The summed E-state index contributed by atoms with van der Waals surface area (Å²) in [7, 11) is -3.66. The normalized spacial score (nSPS) is 11.5. The molecule has 2 N–H and O–H groups in total. The van der Waals surface area contributed by atoms with Crippen LogP contribution in [0.1, 0.15) is 0 Å². The summed E-state index contributed by atoms with van der Waals surface area (Å²) in [5.41, 5.74) is 0. The van der Waals surface area contributed by atoms with Gasteiger partial charge in [-0.3, -0.25) is 0 Å². The molecule has 1 heterocycles. The van der Waals surface area contributed by atoms with Crippen LogP contribution < -0.4 is 9.88 Å². The van der Waals surface area contributed by atoms with Gasteiger partial charge in [-0.05, 0) is 30.5 Å². The molecule has 10 heteroatoms. The Morgan fingerprint density at radius 2 is 1.90 bits per heavy atom. The minimum Gasteiger partial charge on any atom is -0.493 e. The van der Waals surface area contributed by atoms with Crippen molar-refractivity contribution in [3.8, 4) is 5.75 Å². The summed E-state index contributed by atoms with van der Waals surface area (Å²) in [6, 6.07) is 6.02. The molecule has 0 spiro atoms. The number of primary sulfonamides is 1. The number of benzene rings is 1. The zero-order chi connectivity index (χ0) is 15.3. The lowest BCUT2D eigenvalue weighted by Gasteiger charge is -2.05. The Kier molecular flexibility index (Phi) is 5.88. The number of sulfonamides is 1. The Hall–Kier alpha value is -0.810. The van der Waals surface area contributed by atoms with Gasteiger partial charge < -0.3 is 4.74 Å². The van der Waals surface area contributed by atoms with Crippen LogP contribution in [0.5, 0.6) is 5.75 Å². The van der Waals surface area contributed by atoms with Gasteiger partial charge in [0, 0.05) is 5.75 Å². The maximum atomic E-state index is 11.1. The van der Waals surface area contributed by atoms with Crippen LogP contribution in [0.2, 0.25) is 0 Å². The largest absolute Gasteiger partial charge is 0.493 e. The molecule has 6 nitrogen and oxygen atoms in total. The number of rotatable bonds is 7.